The van der Waals surface area contributed by atoms with Crippen LogP contribution in [0, 0.1) is 10.1 Å². The van der Waals surface area contributed by atoms with Gasteiger partial charge >= 0.3 is 0 Å². The van der Waals surface area contributed by atoms with Crippen LogP contribution in [0.3, 0.4) is 0 Å². The Morgan fingerprint density at radius 3 is 1.38 bits per heavy atom. The molecular weight excluding hydrogens is 516 g/mol. The maximum atomic E-state index is 13.1. The van der Waals surface area contributed by atoms with Crippen LogP contribution in [0.4, 0.5) is 22.7 Å². The molecule has 202 valence electrons. The van der Waals surface area contributed by atoms with Crippen molar-refractivity contribution in [2.45, 2.75) is 0 Å². The molecule has 4 rings (SSSR count). The maximum absolute atomic E-state index is 13.1. The molecule has 0 bridgehead atoms. The van der Waals surface area contributed by atoms with Crippen molar-refractivity contribution in [1.82, 2.24) is 0 Å². The fourth-order valence-corrected chi connectivity index (χ4v) is 3.65. The summed E-state index contributed by atoms with van der Waals surface area (Å²) in [6.07, 6.45) is 0. The zero-order valence-electron chi connectivity index (χ0n) is 21.5. The highest BCUT2D eigenvalue weighted by molar-refractivity contribution is 6.11. The van der Waals surface area contributed by atoms with E-state index >= 15 is 0 Å². The third-order valence-corrected chi connectivity index (χ3v) is 5.75. The van der Waals surface area contributed by atoms with Gasteiger partial charge in [0.2, 0.25) is 0 Å². The summed E-state index contributed by atoms with van der Waals surface area (Å²) in [6.45, 7) is 0. The van der Waals surface area contributed by atoms with E-state index in [0.717, 1.165) is 0 Å². The minimum atomic E-state index is -0.580. The molecule has 0 aliphatic heterocycles. The fourth-order valence-electron chi connectivity index (χ4n) is 3.65. The molecule has 0 fully saturated rings. The molecule has 0 aliphatic carbocycles. The fraction of sp³-hybridized carbons (Fsp3) is 0.0690. The van der Waals surface area contributed by atoms with Gasteiger partial charge < -0.3 is 25.4 Å². The molecule has 40 heavy (non-hydrogen) atoms. The third kappa shape index (κ3) is 6.78. The van der Waals surface area contributed by atoms with E-state index in [1.807, 2.05) is 0 Å². The Morgan fingerprint density at radius 2 is 0.975 bits per heavy atom. The van der Waals surface area contributed by atoms with Gasteiger partial charge in [0.25, 0.3) is 23.4 Å². The molecule has 0 atom stereocenters. The first-order chi connectivity index (χ1) is 19.2. The number of hydrogen-bond acceptors (Lipinski definition) is 7. The van der Waals surface area contributed by atoms with Crippen LogP contribution in [0.5, 0.6) is 11.5 Å². The predicted octanol–water partition coefficient (Wildman–Crippen LogP) is 5.37. The normalized spacial score (nSPS) is 10.2. The topological polar surface area (TPSA) is 149 Å². The number of amides is 3. The van der Waals surface area contributed by atoms with Gasteiger partial charge in [-0.25, -0.2) is 0 Å². The number of ether oxygens (including phenoxy) is 2. The first kappa shape index (κ1) is 27.3. The number of rotatable bonds is 9. The number of methoxy groups -OCH3 is 2. The largest absolute Gasteiger partial charge is 0.497 e. The molecule has 0 aromatic heterocycles. The lowest BCUT2D eigenvalue weighted by Crippen LogP contribution is -2.18. The molecule has 11 heteroatoms. The second-order valence-electron chi connectivity index (χ2n) is 8.42. The van der Waals surface area contributed by atoms with Crippen molar-refractivity contribution in [3.05, 3.63) is 118 Å². The average Bonchev–Trinajstić information content (AvgIpc) is 2.97. The van der Waals surface area contributed by atoms with Gasteiger partial charge in [0.05, 0.1) is 19.1 Å². The second-order valence-corrected chi connectivity index (χ2v) is 8.42. The Labute approximate surface area is 228 Å². The minimum Gasteiger partial charge on any atom is -0.497 e. The van der Waals surface area contributed by atoms with Crippen molar-refractivity contribution < 1.29 is 28.8 Å². The number of benzene rings is 4. The summed E-state index contributed by atoms with van der Waals surface area (Å²) in [6, 6.07) is 22.7. The van der Waals surface area contributed by atoms with Crippen molar-refractivity contribution in [2.75, 3.05) is 30.2 Å². The quantitative estimate of drug-likeness (QED) is 0.191. The summed E-state index contributed by atoms with van der Waals surface area (Å²) in [4.78, 5) is 49.4. The first-order valence-electron chi connectivity index (χ1n) is 11.9. The zero-order chi connectivity index (χ0) is 28.6. The number of nitro groups is 1. The Morgan fingerprint density at radius 1 is 0.575 bits per heavy atom. The van der Waals surface area contributed by atoms with Gasteiger partial charge in [0.1, 0.15) is 11.5 Å². The van der Waals surface area contributed by atoms with Gasteiger partial charge in [-0.1, -0.05) is 0 Å². The predicted molar refractivity (Wildman–Crippen MR) is 149 cm³/mol. The molecule has 0 saturated carbocycles. The van der Waals surface area contributed by atoms with E-state index < -0.39 is 22.6 Å². The molecule has 11 nitrogen and oxygen atoms in total. The molecule has 0 spiro atoms. The third-order valence-electron chi connectivity index (χ3n) is 5.75. The summed E-state index contributed by atoms with van der Waals surface area (Å²) in [5, 5.41) is 19.1. The molecule has 3 N–H and O–H groups in total. The van der Waals surface area contributed by atoms with Gasteiger partial charge in [-0.3, -0.25) is 24.5 Å². The summed E-state index contributed by atoms with van der Waals surface area (Å²) in [5.74, 6) is -0.382. The molecule has 4 aromatic rings. The zero-order valence-corrected chi connectivity index (χ0v) is 21.5. The number of anilines is 3. The van der Waals surface area contributed by atoms with Crippen LogP contribution >= 0.6 is 0 Å². The van der Waals surface area contributed by atoms with Crippen LogP contribution in [-0.2, 0) is 0 Å². The summed E-state index contributed by atoms with van der Waals surface area (Å²) in [7, 11) is 3.06. The van der Waals surface area contributed by atoms with Crippen LogP contribution in [0.15, 0.2) is 91.0 Å². The van der Waals surface area contributed by atoms with E-state index in [0.29, 0.717) is 22.9 Å². The highest BCUT2D eigenvalue weighted by Gasteiger charge is 2.17. The summed E-state index contributed by atoms with van der Waals surface area (Å²) < 4.78 is 10.3. The van der Waals surface area contributed by atoms with Crippen molar-refractivity contribution in [3.8, 4) is 11.5 Å². The number of hydrogen-bond donors (Lipinski definition) is 3. The van der Waals surface area contributed by atoms with E-state index in [1.54, 1.807) is 48.5 Å². The van der Waals surface area contributed by atoms with E-state index in [-0.39, 0.29) is 28.1 Å². The highest BCUT2D eigenvalue weighted by Crippen LogP contribution is 2.22. The van der Waals surface area contributed by atoms with Gasteiger partial charge in [-0.05, 0) is 78.9 Å². The molecule has 0 aliphatic rings. The van der Waals surface area contributed by atoms with Crippen LogP contribution in [0.2, 0.25) is 0 Å². The monoisotopic (exact) mass is 540 g/mol. The molecule has 0 heterocycles. The molecule has 0 saturated heterocycles. The SMILES string of the molecule is COc1ccc(NC(=O)c2cc(NC(=O)c3ccc([N+](=O)[O-])cc3)cc(C(=O)Nc3ccc(OC)cc3)c2)cc1. The van der Waals surface area contributed by atoms with Gasteiger partial charge in [-0.15, -0.1) is 0 Å². The lowest BCUT2D eigenvalue weighted by molar-refractivity contribution is -0.384. The molecular formula is C29H24N4O7. The number of nitrogens with zero attached hydrogens (tertiary/aromatic N) is 1. The van der Waals surface area contributed by atoms with E-state index in [2.05, 4.69) is 16.0 Å². The Bertz CT molecular complexity index is 1470. The van der Waals surface area contributed by atoms with Crippen LogP contribution in [0.1, 0.15) is 31.1 Å². The highest BCUT2D eigenvalue weighted by atomic mass is 16.6. The lowest BCUT2D eigenvalue weighted by atomic mass is 10.1. The van der Waals surface area contributed by atoms with Crippen molar-refractivity contribution in [2.24, 2.45) is 0 Å². The number of nitrogens with one attached hydrogen (secondary N) is 3. The summed E-state index contributed by atoms with van der Waals surface area (Å²) in [5.41, 5.74) is 1.37. The van der Waals surface area contributed by atoms with Crippen LogP contribution in [-0.4, -0.2) is 36.9 Å². The summed E-state index contributed by atoms with van der Waals surface area (Å²) >= 11 is 0. The van der Waals surface area contributed by atoms with E-state index in [4.69, 9.17) is 9.47 Å². The Kier molecular flexibility index (Phi) is 8.35. The van der Waals surface area contributed by atoms with Crippen LogP contribution < -0.4 is 25.4 Å². The van der Waals surface area contributed by atoms with Crippen molar-refractivity contribution in [1.29, 1.82) is 0 Å². The number of nitro benzene ring substituents is 1. The first-order valence-corrected chi connectivity index (χ1v) is 11.9. The Hall–Kier alpha value is -5.71. The van der Waals surface area contributed by atoms with Crippen LogP contribution in [0.25, 0.3) is 0 Å². The Balaban J connectivity index is 1.61. The van der Waals surface area contributed by atoms with E-state index in [1.165, 1.54) is 56.7 Å². The minimum absolute atomic E-state index is 0.109. The molecule has 4 aromatic carbocycles. The maximum Gasteiger partial charge on any atom is 0.269 e. The second kappa shape index (κ2) is 12.2. The number of carbonyl (C=O) groups excluding carboxylic acids is 3. The van der Waals surface area contributed by atoms with Gasteiger partial charge in [-0.2, -0.15) is 0 Å². The van der Waals surface area contributed by atoms with Crippen molar-refractivity contribution in [3.63, 3.8) is 0 Å². The average molecular weight is 541 g/mol. The smallest absolute Gasteiger partial charge is 0.269 e. The molecule has 0 unspecified atom stereocenters. The van der Waals surface area contributed by atoms with Gasteiger partial charge in [0.15, 0.2) is 0 Å². The lowest BCUT2D eigenvalue weighted by Gasteiger charge is -2.13. The van der Waals surface area contributed by atoms with Gasteiger partial charge in [0, 0.05) is 45.9 Å². The molecule has 0 radical (unpaired) electrons. The molecule has 3 amide bonds. The van der Waals surface area contributed by atoms with E-state index in [9.17, 15) is 24.5 Å². The van der Waals surface area contributed by atoms with Crippen molar-refractivity contribution >= 4 is 40.5 Å². The number of non-ortho nitro benzene ring substituents is 1. The number of carbonyl (C=O) groups is 3. The standard InChI is InChI=1S/C29H24N4O7/c1-39-25-11-5-21(6-12-25)30-28(35)19-15-20(29(36)31-22-7-13-26(40-2)14-8-22)17-23(16-19)32-27(34)18-3-9-24(10-4-18)33(37)38/h3-17H,1-2H3,(H,30,35)(H,31,36)(H,32,34).